The number of hydrogen-bond acceptors (Lipinski definition) is 5. The molecular weight excluding hydrogens is 362 g/mol. The van der Waals surface area contributed by atoms with Crippen LogP contribution in [0.25, 0.3) is 11.4 Å². The average molecular weight is 378 g/mol. The molecule has 0 atom stereocenters. The minimum Gasteiger partial charge on any atom is -0.339 e. The highest BCUT2D eigenvalue weighted by Crippen LogP contribution is 2.20. The zero-order chi connectivity index (χ0) is 17.9. The summed E-state index contributed by atoms with van der Waals surface area (Å²) in [5, 5.41) is 4.11. The predicted molar refractivity (Wildman–Crippen MR) is 94.8 cm³/mol. The second-order valence-electron chi connectivity index (χ2n) is 5.46. The first kappa shape index (κ1) is 17.6. The lowest BCUT2D eigenvalue weighted by Gasteiger charge is -2.06. The van der Waals surface area contributed by atoms with Gasteiger partial charge in [-0.1, -0.05) is 52.7 Å². The van der Waals surface area contributed by atoms with E-state index < -0.39 is 10.0 Å². The van der Waals surface area contributed by atoms with Crippen molar-refractivity contribution in [2.75, 3.05) is 6.54 Å². The van der Waals surface area contributed by atoms with E-state index in [0.29, 0.717) is 11.7 Å². The third-order valence-corrected chi connectivity index (χ3v) is 5.46. The van der Waals surface area contributed by atoms with Crippen LogP contribution in [0.1, 0.15) is 11.5 Å². The summed E-state index contributed by atoms with van der Waals surface area (Å²) in [5.41, 5.74) is 1.95. The monoisotopic (exact) mass is 377 g/mol. The quantitative estimate of drug-likeness (QED) is 0.712. The zero-order valence-electron chi connectivity index (χ0n) is 13.4. The summed E-state index contributed by atoms with van der Waals surface area (Å²) in [6, 6.07) is 14.0. The van der Waals surface area contributed by atoms with Gasteiger partial charge < -0.3 is 4.52 Å². The molecule has 0 aliphatic rings. The molecular formula is C17H16ClN3O3S. The van der Waals surface area contributed by atoms with E-state index in [1.165, 1.54) is 12.1 Å². The number of halogens is 1. The maximum atomic E-state index is 12.2. The number of benzene rings is 2. The SMILES string of the molecule is Cc1cccc(-c2noc(CCNS(=O)(=O)c3ccccc3Cl)n2)c1. The van der Waals surface area contributed by atoms with E-state index >= 15 is 0 Å². The van der Waals surface area contributed by atoms with Crippen molar-refractivity contribution in [2.24, 2.45) is 0 Å². The molecule has 1 N–H and O–H groups in total. The van der Waals surface area contributed by atoms with Gasteiger partial charge in [0.15, 0.2) is 0 Å². The number of sulfonamides is 1. The Bertz CT molecular complexity index is 986. The Morgan fingerprint density at radius 3 is 2.72 bits per heavy atom. The molecule has 0 bridgehead atoms. The van der Waals surface area contributed by atoms with Crippen molar-refractivity contribution < 1.29 is 12.9 Å². The van der Waals surface area contributed by atoms with Crippen LogP contribution in [0.2, 0.25) is 5.02 Å². The largest absolute Gasteiger partial charge is 0.339 e. The van der Waals surface area contributed by atoms with Gasteiger partial charge in [0.1, 0.15) is 4.90 Å². The van der Waals surface area contributed by atoms with Gasteiger partial charge in [0, 0.05) is 18.5 Å². The van der Waals surface area contributed by atoms with E-state index in [-0.39, 0.29) is 22.9 Å². The van der Waals surface area contributed by atoms with Crippen LogP contribution in [-0.4, -0.2) is 25.1 Å². The Morgan fingerprint density at radius 1 is 1.16 bits per heavy atom. The Kier molecular flexibility index (Phi) is 5.17. The standard InChI is InChI=1S/C17H16ClN3O3S/c1-12-5-4-6-13(11-12)17-20-16(24-21-17)9-10-19-25(22,23)15-8-3-2-7-14(15)18/h2-8,11,19H,9-10H2,1H3. The van der Waals surface area contributed by atoms with E-state index in [4.69, 9.17) is 16.1 Å². The molecule has 0 fully saturated rings. The smallest absolute Gasteiger partial charge is 0.242 e. The summed E-state index contributed by atoms with van der Waals surface area (Å²) >= 11 is 5.93. The Morgan fingerprint density at radius 2 is 1.96 bits per heavy atom. The first-order valence-electron chi connectivity index (χ1n) is 7.59. The molecule has 8 heteroatoms. The van der Waals surface area contributed by atoms with Gasteiger partial charge in [-0.2, -0.15) is 4.98 Å². The lowest BCUT2D eigenvalue weighted by atomic mass is 10.1. The number of rotatable bonds is 6. The molecule has 0 aliphatic carbocycles. The van der Waals surface area contributed by atoms with Gasteiger partial charge >= 0.3 is 0 Å². The molecule has 2 aromatic carbocycles. The molecule has 0 unspecified atom stereocenters. The second-order valence-corrected chi connectivity index (χ2v) is 7.60. The number of nitrogens with one attached hydrogen (secondary N) is 1. The van der Waals surface area contributed by atoms with E-state index in [0.717, 1.165) is 11.1 Å². The van der Waals surface area contributed by atoms with Crippen LogP contribution in [-0.2, 0) is 16.4 Å². The lowest BCUT2D eigenvalue weighted by molar-refractivity contribution is 0.379. The third kappa shape index (κ3) is 4.25. The molecule has 130 valence electrons. The van der Waals surface area contributed by atoms with Crippen molar-refractivity contribution in [3.8, 4) is 11.4 Å². The fraction of sp³-hybridized carbons (Fsp3) is 0.176. The van der Waals surface area contributed by atoms with Gasteiger partial charge in [0.05, 0.1) is 5.02 Å². The third-order valence-electron chi connectivity index (χ3n) is 3.50. The fourth-order valence-electron chi connectivity index (χ4n) is 2.29. The molecule has 0 radical (unpaired) electrons. The van der Waals surface area contributed by atoms with E-state index in [9.17, 15) is 8.42 Å². The number of nitrogens with zero attached hydrogens (tertiary/aromatic N) is 2. The normalized spacial score (nSPS) is 11.6. The van der Waals surface area contributed by atoms with Crippen molar-refractivity contribution in [3.05, 3.63) is 65.0 Å². The summed E-state index contributed by atoms with van der Waals surface area (Å²) in [7, 11) is -3.68. The number of hydrogen-bond donors (Lipinski definition) is 1. The van der Waals surface area contributed by atoms with Crippen molar-refractivity contribution in [1.29, 1.82) is 0 Å². The molecule has 3 rings (SSSR count). The zero-order valence-corrected chi connectivity index (χ0v) is 15.0. The van der Waals surface area contributed by atoms with Gasteiger partial charge in [-0.15, -0.1) is 0 Å². The topological polar surface area (TPSA) is 85.1 Å². The highest BCUT2D eigenvalue weighted by molar-refractivity contribution is 7.89. The highest BCUT2D eigenvalue weighted by atomic mass is 35.5. The van der Waals surface area contributed by atoms with Crippen molar-refractivity contribution in [2.45, 2.75) is 18.2 Å². The van der Waals surface area contributed by atoms with Crippen molar-refractivity contribution in [1.82, 2.24) is 14.9 Å². The lowest BCUT2D eigenvalue weighted by Crippen LogP contribution is -2.26. The molecule has 1 aromatic heterocycles. The first-order chi connectivity index (χ1) is 12.0. The van der Waals surface area contributed by atoms with E-state index in [1.807, 2.05) is 31.2 Å². The Hall–Kier alpha value is -2.22. The maximum absolute atomic E-state index is 12.2. The van der Waals surface area contributed by atoms with Crippen molar-refractivity contribution >= 4 is 21.6 Å². The number of aryl methyl sites for hydroxylation is 1. The molecule has 0 aliphatic heterocycles. The van der Waals surface area contributed by atoms with Crippen molar-refractivity contribution in [3.63, 3.8) is 0 Å². The summed E-state index contributed by atoms with van der Waals surface area (Å²) in [6.45, 7) is 2.11. The molecule has 25 heavy (non-hydrogen) atoms. The summed E-state index contributed by atoms with van der Waals surface area (Å²) in [6.07, 6.45) is 0.280. The van der Waals surface area contributed by atoms with E-state index in [2.05, 4.69) is 14.9 Å². The first-order valence-corrected chi connectivity index (χ1v) is 9.46. The summed E-state index contributed by atoms with van der Waals surface area (Å²) in [5.74, 6) is 0.839. The minimum atomic E-state index is -3.68. The van der Waals surface area contributed by atoms with Crippen LogP contribution >= 0.6 is 11.6 Å². The van der Waals surface area contributed by atoms with Gasteiger partial charge in [0.2, 0.25) is 21.7 Å². The fourth-order valence-corrected chi connectivity index (χ4v) is 3.84. The van der Waals surface area contributed by atoms with Crippen LogP contribution < -0.4 is 4.72 Å². The molecule has 0 saturated heterocycles. The molecule has 0 spiro atoms. The molecule has 0 saturated carbocycles. The molecule has 0 amide bonds. The Labute approximate surface area is 150 Å². The Balaban J connectivity index is 1.64. The van der Waals surface area contributed by atoms with Crippen LogP contribution in [0.5, 0.6) is 0 Å². The van der Waals surface area contributed by atoms with Crippen LogP contribution in [0, 0.1) is 6.92 Å². The van der Waals surface area contributed by atoms with Gasteiger partial charge in [-0.3, -0.25) is 0 Å². The van der Waals surface area contributed by atoms with Crippen LogP contribution in [0.3, 0.4) is 0 Å². The van der Waals surface area contributed by atoms with Gasteiger partial charge in [0.25, 0.3) is 0 Å². The number of aromatic nitrogens is 2. The summed E-state index contributed by atoms with van der Waals surface area (Å²) in [4.78, 5) is 4.34. The summed E-state index contributed by atoms with van der Waals surface area (Å²) < 4.78 is 32.2. The van der Waals surface area contributed by atoms with Crippen LogP contribution in [0.4, 0.5) is 0 Å². The average Bonchev–Trinajstić information content (AvgIpc) is 3.04. The van der Waals surface area contributed by atoms with Crippen LogP contribution in [0.15, 0.2) is 57.9 Å². The van der Waals surface area contributed by atoms with Gasteiger partial charge in [-0.05, 0) is 25.1 Å². The highest BCUT2D eigenvalue weighted by Gasteiger charge is 2.17. The molecule has 6 nitrogen and oxygen atoms in total. The maximum Gasteiger partial charge on any atom is 0.242 e. The second kappa shape index (κ2) is 7.35. The van der Waals surface area contributed by atoms with Gasteiger partial charge in [-0.25, -0.2) is 13.1 Å². The van der Waals surface area contributed by atoms with E-state index in [1.54, 1.807) is 12.1 Å². The molecule has 1 heterocycles. The molecule has 3 aromatic rings. The predicted octanol–water partition coefficient (Wildman–Crippen LogP) is 3.22. The minimum absolute atomic E-state index is 0.0441.